The van der Waals surface area contributed by atoms with E-state index in [-0.39, 0.29) is 18.3 Å². The highest BCUT2D eigenvalue weighted by Crippen LogP contribution is 2.15. The van der Waals surface area contributed by atoms with Crippen molar-refractivity contribution in [2.75, 3.05) is 13.7 Å². The molecule has 0 saturated heterocycles. The summed E-state index contributed by atoms with van der Waals surface area (Å²) in [7, 11) is 1.58. The van der Waals surface area contributed by atoms with Gasteiger partial charge in [0.15, 0.2) is 5.78 Å². The van der Waals surface area contributed by atoms with Gasteiger partial charge in [0.25, 0.3) is 5.91 Å². The second-order valence-corrected chi connectivity index (χ2v) is 5.76. The molecule has 128 valence electrons. The number of benzene rings is 2. The maximum atomic E-state index is 12.2. The molecule has 25 heavy (non-hydrogen) atoms. The van der Waals surface area contributed by atoms with Gasteiger partial charge < -0.3 is 10.1 Å². The Hall–Kier alpha value is -2.85. The maximum absolute atomic E-state index is 12.2. The van der Waals surface area contributed by atoms with E-state index in [4.69, 9.17) is 16.3 Å². The van der Waals surface area contributed by atoms with Gasteiger partial charge in [-0.1, -0.05) is 36.4 Å². The molecule has 0 heterocycles. The van der Waals surface area contributed by atoms with Crippen molar-refractivity contribution >= 4 is 29.4 Å². The summed E-state index contributed by atoms with van der Waals surface area (Å²) in [4.78, 5) is 23.7. The summed E-state index contributed by atoms with van der Waals surface area (Å²) < 4.78 is 5.38. The number of rotatable bonds is 7. The molecule has 0 bridgehead atoms. The van der Waals surface area contributed by atoms with E-state index < -0.39 is 0 Å². The van der Waals surface area contributed by atoms with Crippen LogP contribution in [-0.4, -0.2) is 25.3 Å². The molecule has 0 aromatic heterocycles. The smallest absolute Gasteiger partial charge is 0.251 e. The lowest BCUT2D eigenvalue weighted by molar-refractivity contribution is 0.0962. The largest absolute Gasteiger partial charge is 0.488 e. The van der Waals surface area contributed by atoms with Crippen LogP contribution in [0, 0.1) is 0 Å². The Balaban J connectivity index is 2.00. The SMILES string of the molecule is C=C(Cl)COc1ccc(C(=O)C=Cc2ccc(C(=O)NC)cc2)cc1. The van der Waals surface area contributed by atoms with E-state index in [1.807, 2.05) is 0 Å². The van der Waals surface area contributed by atoms with E-state index in [1.165, 1.54) is 6.08 Å². The summed E-state index contributed by atoms with van der Waals surface area (Å²) in [5.74, 6) is 0.349. The van der Waals surface area contributed by atoms with Crippen molar-refractivity contribution in [3.63, 3.8) is 0 Å². The van der Waals surface area contributed by atoms with Crippen molar-refractivity contribution in [1.29, 1.82) is 0 Å². The number of amides is 1. The first-order valence-electron chi connectivity index (χ1n) is 7.60. The summed E-state index contributed by atoms with van der Waals surface area (Å²) in [5, 5.41) is 2.97. The molecule has 0 aliphatic heterocycles. The van der Waals surface area contributed by atoms with Gasteiger partial charge in [0.2, 0.25) is 0 Å². The molecule has 0 aliphatic rings. The fraction of sp³-hybridized carbons (Fsp3) is 0.100. The molecule has 5 heteroatoms. The van der Waals surface area contributed by atoms with Crippen LogP contribution in [0.4, 0.5) is 0 Å². The Bertz CT molecular complexity index is 793. The van der Waals surface area contributed by atoms with Crippen molar-refractivity contribution in [3.8, 4) is 5.75 Å². The number of halogens is 1. The second-order valence-electron chi connectivity index (χ2n) is 5.23. The van der Waals surface area contributed by atoms with Crippen LogP contribution in [0.25, 0.3) is 6.08 Å². The quantitative estimate of drug-likeness (QED) is 0.601. The van der Waals surface area contributed by atoms with Crippen LogP contribution < -0.4 is 10.1 Å². The summed E-state index contributed by atoms with van der Waals surface area (Å²) in [6.07, 6.45) is 3.20. The average molecular weight is 356 g/mol. The molecule has 0 saturated carbocycles. The van der Waals surface area contributed by atoms with Crippen LogP contribution in [0.15, 0.2) is 66.2 Å². The van der Waals surface area contributed by atoms with E-state index in [0.717, 1.165) is 5.56 Å². The minimum absolute atomic E-state index is 0.122. The minimum Gasteiger partial charge on any atom is -0.488 e. The number of hydrogen-bond donors (Lipinski definition) is 1. The number of ether oxygens (including phenoxy) is 1. The van der Waals surface area contributed by atoms with Gasteiger partial charge in [-0.3, -0.25) is 9.59 Å². The van der Waals surface area contributed by atoms with E-state index in [9.17, 15) is 9.59 Å². The van der Waals surface area contributed by atoms with Crippen molar-refractivity contribution < 1.29 is 14.3 Å². The fourth-order valence-electron chi connectivity index (χ4n) is 2.04. The van der Waals surface area contributed by atoms with Gasteiger partial charge in [0.05, 0.1) is 0 Å². The first-order chi connectivity index (χ1) is 12.0. The molecule has 0 atom stereocenters. The van der Waals surface area contributed by atoms with Crippen LogP contribution in [-0.2, 0) is 0 Å². The fourth-order valence-corrected chi connectivity index (χ4v) is 2.09. The molecule has 0 unspecified atom stereocenters. The molecule has 2 rings (SSSR count). The first-order valence-corrected chi connectivity index (χ1v) is 7.98. The lowest BCUT2D eigenvalue weighted by Gasteiger charge is -2.05. The van der Waals surface area contributed by atoms with Gasteiger partial charge in [-0.2, -0.15) is 0 Å². The Morgan fingerprint density at radius 1 is 1.08 bits per heavy atom. The van der Waals surface area contributed by atoms with Crippen LogP contribution in [0.5, 0.6) is 5.75 Å². The van der Waals surface area contributed by atoms with E-state index in [1.54, 1.807) is 61.7 Å². The Morgan fingerprint density at radius 3 is 2.24 bits per heavy atom. The predicted molar refractivity (Wildman–Crippen MR) is 100 cm³/mol. The van der Waals surface area contributed by atoms with E-state index >= 15 is 0 Å². The van der Waals surface area contributed by atoms with Gasteiger partial charge in [0, 0.05) is 23.2 Å². The van der Waals surface area contributed by atoms with Crippen LogP contribution >= 0.6 is 11.6 Å². The summed E-state index contributed by atoms with van der Waals surface area (Å²) in [6, 6.07) is 13.8. The van der Waals surface area contributed by atoms with Gasteiger partial charge in [-0.15, -0.1) is 0 Å². The van der Waals surface area contributed by atoms with E-state index in [0.29, 0.717) is 21.9 Å². The van der Waals surface area contributed by atoms with Crippen molar-refractivity contribution in [2.45, 2.75) is 0 Å². The van der Waals surface area contributed by atoms with E-state index in [2.05, 4.69) is 11.9 Å². The molecule has 0 fully saturated rings. The van der Waals surface area contributed by atoms with Gasteiger partial charge in [0.1, 0.15) is 12.4 Å². The minimum atomic E-state index is -0.147. The molecular weight excluding hydrogens is 338 g/mol. The number of carbonyl (C=O) groups is 2. The first kappa shape index (κ1) is 18.5. The molecule has 1 amide bonds. The highest BCUT2D eigenvalue weighted by molar-refractivity contribution is 6.29. The number of allylic oxidation sites excluding steroid dienone is 1. The number of ketones is 1. The van der Waals surface area contributed by atoms with Gasteiger partial charge in [-0.05, 0) is 48.0 Å². The number of hydrogen-bond acceptors (Lipinski definition) is 3. The van der Waals surface area contributed by atoms with Gasteiger partial charge in [-0.25, -0.2) is 0 Å². The highest BCUT2D eigenvalue weighted by atomic mass is 35.5. The third-order valence-electron chi connectivity index (χ3n) is 3.36. The predicted octanol–water partition coefficient (Wildman–Crippen LogP) is 4.07. The lowest BCUT2D eigenvalue weighted by Crippen LogP contribution is -2.17. The monoisotopic (exact) mass is 355 g/mol. The molecule has 0 spiro atoms. The van der Waals surface area contributed by atoms with Crippen LogP contribution in [0.2, 0.25) is 0 Å². The zero-order valence-electron chi connectivity index (χ0n) is 13.8. The third kappa shape index (κ3) is 5.62. The third-order valence-corrected chi connectivity index (χ3v) is 3.47. The Kier molecular flexibility index (Phi) is 6.54. The maximum Gasteiger partial charge on any atom is 0.251 e. The zero-order chi connectivity index (χ0) is 18.2. The highest BCUT2D eigenvalue weighted by Gasteiger charge is 2.04. The lowest BCUT2D eigenvalue weighted by atomic mass is 10.1. The van der Waals surface area contributed by atoms with Crippen LogP contribution in [0.3, 0.4) is 0 Å². The second kappa shape index (κ2) is 8.85. The molecule has 0 radical (unpaired) electrons. The molecule has 4 nitrogen and oxygen atoms in total. The normalized spacial score (nSPS) is 10.5. The van der Waals surface area contributed by atoms with Gasteiger partial charge >= 0.3 is 0 Å². The van der Waals surface area contributed by atoms with Crippen molar-refractivity contribution in [2.24, 2.45) is 0 Å². The Morgan fingerprint density at radius 2 is 1.68 bits per heavy atom. The molecular formula is C20H18ClNO3. The summed E-state index contributed by atoms with van der Waals surface area (Å²) in [5.41, 5.74) is 1.96. The summed E-state index contributed by atoms with van der Waals surface area (Å²) in [6.45, 7) is 3.77. The average Bonchev–Trinajstić information content (AvgIpc) is 2.64. The standard InChI is InChI=1S/C20H18ClNO3/c1-14(21)13-25-18-10-8-16(9-11-18)19(23)12-5-15-3-6-17(7-4-15)20(24)22-2/h3-12H,1,13H2,2H3,(H,22,24). The molecule has 2 aromatic rings. The number of nitrogens with one attached hydrogen (secondary N) is 1. The molecule has 2 aromatic carbocycles. The zero-order valence-corrected chi connectivity index (χ0v) is 14.5. The van der Waals surface area contributed by atoms with Crippen molar-refractivity contribution in [3.05, 3.63) is 82.9 Å². The molecule has 1 N–H and O–H groups in total. The Labute approximate surface area is 151 Å². The molecule has 0 aliphatic carbocycles. The summed E-state index contributed by atoms with van der Waals surface area (Å²) >= 11 is 5.64. The number of carbonyl (C=O) groups excluding carboxylic acids is 2. The topological polar surface area (TPSA) is 55.4 Å². The van der Waals surface area contributed by atoms with Crippen LogP contribution in [0.1, 0.15) is 26.3 Å². The van der Waals surface area contributed by atoms with Crippen molar-refractivity contribution in [1.82, 2.24) is 5.32 Å².